The Balaban J connectivity index is 0.000000345. The number of carbonyl (C=O) groups is 2. The van der Waals surface area contributed by atoms with Gasteiger partial charge in [0, 0.05) is 13.1 Å². The summed E-state index contributed by atoms with van der Waals surface area (Å²) in [5.41, 5.74) is 7.95. The molecule has 0 unspecified atom stereocenters. The molecule has 0 spiro atoms. The first-order valence-corrected chi connectivity index (χ1v) is 7.87. The Morgan fingerprint density at radius 3 is 1.82 bits per heavy atom. The Kier molecular flexibility index (Phi) is 6.34. The average molecular weight is 402 g/mol. The summed E-state index contributed by atoms with van der Waals surface area (Å²) in [6.07, 6.45) is -5.08. The number of nitrogens with two attached hydrogens (primary N) is 1. The van der Waals surface area contributed by atoms with Crippen molar-refractivity contribution < 1.29 is 36.6 Å². The molecule has 1 atom stereocenters. The summed E-state index contributed by atoms with van der Waals surface area (Å²) in [4.78, 5) is 22.8. The second kappa shape index (κ2) is 8.34. The van der Waals surface area contributed by atoms with Crippen molar-refractivity contribution in [2.24, 2.45) is 5.73 Å². The van der Waals surface area contributed by atoms with Crippen molar-refractivity contribution in [3.63, 3.8) is 0 Å². The molecule has 3 N–H and O–H groups in total. The summed E-state index contributed by atoms with van der Waals surface area (Å²) in [7, 11) is 0. The molecule has 0 fully saturated rings. The van der Waals surface area contributed by atoms with Gasteiger partial charge in [-0.1, -0.05) is 30.3 Å². The lowest BCUT2D eigenvalue weighted by Gasteiger charge is -2.20. The molecule has 2 aromatic carbocycles. The number of hydrogen-bond acceptors (Lipinski definition) is 3. The summed E-state index contributed by atoms with van der Waals surface area (Å²) in [5, 5.41) is 7.12. The van der Waals surface area contributed by atoms with E-state index in [1.54, 1.807) is 12.1 Å². The van der Waals surface area contributed by atoms with Gasteiger partial charge in [0.25, 0.3) is 0 Å². The van der Waals surface area contributed by atoms with Crippen LogP contribution in [0.3, 0.4) is 0 Å². The van der Waals surface area contributed by atoms with Crippen LogP contribution >= 0.6 is 0 Å². The van der Waals surface area contributed by atoms with Gasteiger partial charge in [0.1, 0.15) is 6.04 Å². The quantitative estimate of drug-likeness (QED) is 0.756. The summed E-state index contributed by atoms with van der Waals surface area (Å²) < 4.78 is 58.2. The van der Waals surface area contributed by atoms with Crippen molar-refractivity contribution in [3.8, 4) is 0 Å². The molecule has 1 heterocycles. The molecule has 1 amide bonds. The predicted octanol–water partition coefficient (Wildman–Crippen LogP) is 3.14. The minimum atomic E-state index is -5.08. The molecule has 2 aromatic rings. The van der Waals surface area contributed by atoms with Crippen LogP contribution in [-0.4, -0.2) is 28.1 Å². The van der Waals surface area contributed by atoms with Gasteiger partial charge >= 0.3 is 12.1 Å². The number of rotatable bonds is 2. The number of halogens is 5. The Morgan fingerprint density at radius 2 is 1.43 bits per heavy atom. The van der Waals surface area contributed by atoms with Crippen LogP contribution in [0.15, 0.2) is 42.5 Å². The van der Waals surface area contributed by atoms with Gasteiger partial charge in [0.05, 0.1) is 0 Å². The average Bonchev–Trinajstić information content (AvgIpc) is 3.04. The summed E-state index contributed by atoms with van der Waals surface area (Å²) in [5.74, 6) is -4.79. The first kappa shape index (κ1) is 21.3. The van der Waals surface area contributed by atoms with E-state index in [-0.39, 0.29) is 19.0 Å². The number of nitrogens with zero attached hydrogens (tertiary/aromatic N) is 1. The van der Waals surface area contributed by atoms with Crippen LogP contribution in [-0.2, 0) is 22.7 Å². The molecule has 5 nitrogen and oxygen atoms in total. The van der Waals surface area contributed by atoms with Gasteiger partial charge in [-0.3, -0.25) is 4.79 Å². The highest BCUT2D eigenvalue weighted by molar-refractivity contribution is 5.83. The van der Waals surface area contributed by atoms with Crippen LogP contribution in [0, 0.1) is 11.6 Å². The van der Waals surface area contributed by atoms with Crippen LogP contribution in [0.5, 0.6) is 0 Å². The van der Waals surface area contributed by atoms with Crippen LogP contribution in [0.1, 0.15) is 22.7 Å². The lowest BCUT2D eigenvalue weighted by atomic mass is 10.1. The highest BCUT2D eigenvalue weighted by Gasteiger charge is 2.38. The number of amides is 1. The van der Waals surface area contributed by atoms with Gasteiger partial charge in [-0.25, -0.2) is 13.6 Å². The number of alkyl halides is 3. The number of fused-ring (bicyclic) bond motifs is 1. The fourth-order valence-corrected chi connectivity index (χ4v) is 2.55. The molecule has 0 radical (unpaired) electrons. The van der Waals surface area contributed by atoms with E-state index >= 15 is 0 Å². The standard InChI is InChI=1S/C16H14F2N2O.C2HF3O2/c17-13-6-11-8-20(9-12(11)7-14(13)18)16(21)15(19)10-4-2-1-3-5-10;3-2(4,5)1(6)7/h1-7,15H,8-9,19H2;(H,6,7)/t15-;/m0./s1. The highest BCUT2D eigenvalue weighted by Crippen LogP contribution is 2.27. The highest BCUT2D eigenvalue weighted by atomic mass is 19.4. The Hall–Kier alpha value is -3.01. The number of benzene rings is 2. The van der Waals surface area contributed by atoms with E-state index in [0.717, 1.165) is 17.7 Å². The van der Waals surface area contributed by atoms with Crippen LogP contribution in [0.25, 0.3) is 0 Å². The van der Waals surface area contributed by atoms with E-state index in [0.29, 0.717) is 11.1 Å². The number of aliphatic carboxylic acids is 1. The normalized spacial score (nSPS) is 14.0. The van der Waals surface area contributed by atoms with E-state index < -0.39 is 29.8 Å². The molecule has 0 bridgehead atoms. The second-order valence-corrected chi connectivity index (χ2v) is 5.92. The van der Waals surface area contributed by atoms with E-state index in [1.165, 1.54) is 4.90 Å². The maximum absolute atomic E-state index is 13.2. The zero-order valence-corrected chi connectivity index (χ0v) is 14.2. The van der Waals surface area contributed by atoms with Gasteiger partial charge in [-0.05, 0) is 28.8 Å². The number of carbonyl (C=O) groups excluding carboxylic acids is 1. The predicted molar refractivity (Wildman–Crippen MR) is 87.7 cm³/mol. The van der Waals surface area contributed by atoms with Crippen molar-refractivity contribution in [1.29, 1.82) is 0 Å². The smallest absolute Gasteiger partial charge is 0.475 e. The second-order valence-electron chi connectivity index (χ2n) is 5.92. The molecule has 28 heavy (non-hydrogen) atoms. The molecule has 1 aliphatic heterocycles. The lowest BCUT2D eigenvalue weighted by molar-refractivity contribution is -0.192. The van der Waals surface area contributed by atoms with Gasteiger partial charge in [0.2, 0.25) is 5.91 Å². The first-order chi connectivity index (χ1) is 13.0. The van der Waals surface area contributed by atoms with E-state index in [4.69, 9.17) is 15.6 Å². The summed E-state index contributed by atoms with van der Waals surface area (Å²) in [6, 6.07) is 10.6. The molecule has 0 saturated carbocycles. The Bertz CT molecular complexity index is 841. The maximum atomic E-state index is 13.2. The maximum Gasteiger partial charge on any atom is 0.490 e. The van der Waals surface area contributed by atoms with Crippen LogP contribution in [0.2, 0.25) is 0 Å². The topological polar surface area (TPSA) is 83.6 Å². The molecule has 0 saturated heterocycles. The molecule has 1 aliphatic rings. The van der Waals surface area contributed by atoms with Crippen LogP contribution < -0.4 is 5.73 Å². The third-order valence-electron chi connectivity index (χ3n) is 3.94. The van der Waals surface area contributed by atoms with Gasteiger partial charge in [0.15, 0.2) is 11.6 Å². The van der Waals surface area contributed by atoms with E-state index in [2.05, 4.69) is 0 Å². The van der Waals surface area contributed by atoms with Crippen molar-refractivity contribution in [2.45, 2.75) is 25.3 Å². The fourth-order valence-electron chi connectivity index (χ4n) is 2.55. The Morgan fingerprint density at radius 1 is 1.00 bits per heavy atom. The SMILES string of the molecule is N[C@H](C(=O)N1Cc2cc(F)c(F)cc2C1)c1ccccc1.O=C(O)C(F)(F)F. The minimum Gasteiger partial charge on any atom is -0.475 e. The van der Waals surface area contributed by atoms with Crippen molar-refractivity contribution >= 4 is 11.9 Å². The van der Waals surface area contributed by atoms with E-state index in [9.17, 15) is 26.7 Å². The zero-order valence-electron chi connectivity index (χ0n) is 14.2. The Labute approximate surface area is 156 Å². The van der Waals surface area contributed by atoms with Crippen molar-refractivity contribution in [1.82, 2.24) is 4.90 Å². The fraction of sp³-hybridized carbons (Fsp3) is 0.222. The molecular weight excluding hydrogens is 387 g/mol. The van der Waals surface area contributed by atoms with Crippen molar-refractivity contribution in [3.05, 3.63) is 70.8 Å². The molecular formula is C18H15F5N2O3. The van der Waals surface area contributed by atoms with Crippen LogP contribution in [0.4, 0.5) is 22.0 Å². The molecule has 0 aliphatic carbocycles. The number of carboxylic acids is 1. The zero-order chi connectivity index (χ0) is 21.1. The largest absolute Gasteiger partial charge is 0.490 e. The third-order valence-corrected chi connectivity index (χ3v) is 3.94. The minimum absolute atomic E-state index is 0.252. The lowest BCUT2D eigenvalue weighted by Crippen LogP contribution is -2.35. The third kappa shape index (κ3) is 5.03. The van der Waals surface area contributed by atoms with Crippen molar-refractivity contribution in [2.75, 3.05) is 0 Å². The van der Waals surface area contributed by atoms with E-state index in [1.807, 2.05) is 18.2 Å². The number of carboxylic acid groups (broad SMARTS) is 1. The summed E-state index contributed by atoms with van der Waals surface area (Å²) >= 11 is 0. The molecule has 10 heteroatoms. The molecule has 150 valence electrons. The number of hydrogen-bond donors (Lipinski definition) is 2. The summed E-state index contributed by atoms with van der Waals surface area (Å²) in [6.45, 7) is 0.512. The van der Waals surface area contributed by atoms with Gasteiger partial charge in [-0.15, -0.1) is 0 Å². The van der Waals surface area contributed by atoms with Gasteiger partial charge in [-0.2, -0.15) is 13.2 Å². The molecule has 3 rings (SSSR count). The first-order valence-electron chi connectivity index (χ1n) is 7.87. The molecule has 0 aromatic heterocycles. The van der Waals surface area contributed by atoms with Gasteiger partial charge < -0.3 is 15.7 Å². The monoisotopic (exact) mass is 402 g/mol.